The molecule has 0 saturated heterocycles. The third kappa shape index (κ3) is 8.03. The maximum absolute atomic E-state index is 11.9. The van der Waals surface area contributed by atoms with Crippen LogP contribution in [0.5, 0.6) is 5.75 Å². The van der Waals surface area contributed by atoms with Crippen molar-refractivity contribution < 1.29 is 9.53 Å². The molecule has 2 aromatic carbocycles. The van der Waals surface area contributed by atoms with Crippen LogP contribution >= 0.6 is 0 Å². The Morgan fingerprint density at radius 1 is 1.03 bits per heavy atom. The molecule has 0 spiro atoms. The molecule has 30 heavy (non-hydrogen) atoms. The number of para-hydroxylation sites is 1. The van der Waals surface area contributed by atoms with Crippen molar-refractivity contribution in [2.24, 2.45) is 4.99 Å². The van der Waals surface area contributed by atoms with Crippen LogP contribution < -0.4 is 20.3 Å². The van der Waals surface area contributed by atoms with E-state index in [1.807, 2.05) is 42.5 Å². The number of likely N-dealkylation sites (N-methyl/N-ethyl adjacent to an activating group) is 1. The van der Waals surface area contributed by atoms with Crippen LogP contribution in [0.3, 0.4) is 0 Å². The predicted octanol–water partition coefficient (Wildman–Crippen LogP) is 2.35. The van der Waals surface area contributed by atoms with Crippen molar-refractivity contribution in [3.05, 3.63) is 60.2 Å². The van der Waals surface area contributed by atoms with Gasteiger partial charge in [0.25, 0.3) is 0 Å². The summed E-state index contributed by atoms with van der Waals surface area (Å²) in [5.41, 5.74) is 2.23. The SMILES string of the molecule is COc1cccc(CN=C(NCCCN(C)c2ccccc2)NCC(=O)N(C)C)c1. The smallest absolute Gasteiger partial charge is 0.241 e. The van der Waals surface area contributed by atoms with Crippen molar-refractivity contribution in [2.75, 3.05) is 52.8 Å². The number of carbonyl (C=O) groups excluding carboxylic acids is 1. The van der Waals surface area contributed by atoms with Crippen LogP contribution in [-0.4, -0.2) is 64.7 Å². The van der Waals surface area contributed by atoms with Crippen molar-refractivity contribution in [3.63, 3.8) is 0 Å². The van der Waals surface area contributed by atoms with Gasteiger partial charge in [-0.1, -0.05) is 30.3 Å². The minimum Gasteiger partial charge on any atom is -0.497 e. The Balaban J connectivity index is 1.90. The first kappa shape index (κ1) is 23.1. The number of ether oxygens (including phenoxy) is 1. The zero-order chi connectivity index (χ0) is 21.8. The van der Waals surface area contributed by atoms with E-state index in [2.05, 4.69) is 39.7 Å². The molecular weight excluding hydrogens is 378 g/mol. The topological polar surface area (TPSA) is 69.2 Å². The second kappa shape index (κ2) is 12.4. The molecule has 0 unspecified atom stereocenters. The molecule has 2 aromatic rings. The van der Waals surface area contributed by atoms with Crippen LogP contribution in [0, 0.1) is 0 Å². The summed E-state index contributed by atoms with van der Waals surface area (Å²) in [5.74, 6) is 1.42. The number of anilines is 1. The largest absolute Gasteiger partial charge is 0.497 e. The average Bonchev–Trinajstić information content (AvgIpc) is 2.78. The number of nitrogens with one attached hydrogen (secondary N) is 2. The molecule has 1 amide bonds. The van der Waals surface area contributed by atoms with Gasteiger partial charge in [-0.2, -0.15) is 0 Å². The van der Waals surface area contributed by atoms with E-state index in [1.54, 1.807) is 26.1 Å². The van der Waals surface area contributed by atoms with Crippen LogP contribution in [0.2, 0.25) is 0 Å². The summed E-state index contributed by atoms with van der Waals surface area (Å²) in [4.78, 5) is 20.3. The standard InChI is InChI=1S/C23H33N5O2/c1-27(2)22(29)18-26-23(25-17-19-10-8-13-21(16-19)30-4)24-14-9-15-28(3)20-11-6-5-7-12-20/h5-8,10-13,16H,9,14-15,17-18H2,1-4H3,(H2,24,25,26). The van der Waals surface area contributed by atoms with E-state index in [0.29, 0.717) is 12.5 Å². The van der Waals surface area contributed by atoms with Crippen molar-refractivity contribution in [1.29, 1.82) is 0 Å². The Bertz CT molecular complexity index is 808. The van der Waals surface area contributed by atoms with Crippen LogP contribution in [0.25, 0.3) is 0 Å². The molecule has 7 nitrogen and oxygen atoms in total. The Labute approximate surface area is 179 Å². The first-order valence-corrected chi connectivity index (χ1v) is 10.1. The zero-order valence-electron chi connectivity index (χ0n) is 18.4. The van der Waals surface area contributed by atoms with Gasteiger partial charge in [-0.25, -0.2) is 4.99 Å². The summed E-state index contributed by atoms with van der Waals surface area (Å²) in [6.07, 6.45) is 0.937. The predicted molar refractivity (Wildman–Crippen MR) is 123 cm³/mol. The van der Waals surface area contributed by atoms with Crippen LogP contribution in [-0.2, 0) is 11.3 Å². The number of nitrogens with zero attached hydrogens (tertiary/aromatic N) is 3. The number of guanidine groups is 1. The third-order valence-corrected chi connectivity index (χ3v) is 4.62. The van der Waals surface area contributed by atoms with Crippen molar-refractivity contribution >= 4 is 17.6 Å². The minimum absolute atomic E-state index is 0.00492. The maximum atomic E-state index is 11.9. The quantitative estimate of drug-likeness (QED) is 0.357. The fraction of sp³-hybridized carbons (Fsp3) is 0.391. The lowest BCUT2D eigenvalue weighted by Gasteiger charge is -2.20. The number of amides is 1. The second-order valence-corrected chi connectivity index (χ2v) is 7.20. The molecular formula is C23H33N5O2. The summed E-state index contributed by atoms with van der Waals surface area (Å²) < 4.78 is 5.27. The molecule has 0 saturated carbocycles. The number of hydrogen-bond acceptors (Lipinski definition) is 4. The summed E-state index contributed by atoms with van der Waals surface area (Å²) >= 11 is 0. The summed E-state index contributed by atoms with van der Waals surface area (Å²) in [6.45, 7) is 2.35. The van der Waals surface area contributed by atoms with Crippen molar-refractivity contribution in [3.8, 4) is 5.75 Å². The van der Waals surface area contributed by atoms with Gasteiger partial charge in [0.05, 0.1) is 20.2 Å². The van der Waals surface area contributed by atoms with Crippen molar-refractivity contribution in [2.45, 2.75) is 13.0 Å². The van der Waals surface area contributed by atoms with Gasteiger partial charge in [-0.3, -0.25) is 4.79 Å². The van der Waals surface area contributed by atoms with E-state index in [1.165, 1.54) is 5.69 Å². The molecule has 0 fully saturated rings. The zero-order valence-corrected chi connectivity index (χ0v) is 18.4. The number of aliphatic imine (C=N–C) groups is 1. The molecule has 0 radical (unpaired) electrons. The van der Waals surface area contributed by atoms with E-state index in [-0.39, 0.29) is 12.5 Å². The number of carbonyl (C=O) groups is 1. The molecule has 0 aliphatic rings. The van der Waals surface area contributed by atoms with E-state index in [9.17, 15) is 4.79 Å². The lowest BCUT2D eigenvalue weighted by atomic mass is 10.2. The highest BCUT2D eigenvalue weighted by molar-refractivity contribution is 5.86. The highest BCUT2D eigenvalue weighted by Crippen LogP contribution is 2.13. The van der Waals surface area contributed by atoms with Gasteiger partial charge in [-0.05, 0) is 36.2 Å². The Hall–Kier alpha value is -3.22. The molecule has 7 heteroatoms. The summed E-state index contributed by atoms with van der Waals surface area (Å²) in [6, 6.07) is 18.1. The van der Waals surface area contributed by atoms with Gasteiger partial charge >= 0.3 is 0 Å². The van der Waals surface area contributed by atoms with E-state index in [0.717, 1.165) is 30.8 Å². The normalized spacial score (nSPS) is 11.0. The van der Waals surface area contributed by atoms with Gasteiger partial charge in [-0.15, -0.1) is 0 Å². The Kier molecular flexibility index (Phi) is 9.51. The fourth-order valence-corrected chi connectivity index (χ4v) is 2.77. The van der Waals surface area contributed by atoms with Gasteiger partial charge in [0.2, 0.25) is 5.91 Å². The van der Waals surface area contributed by atoms with E-state index < -0.39 is 0 Å². The van der Waals surface area contributed by atoms with Crippen LogP contribution in [0.4, 0.5) is 5.69 Å². The van der Waals surface area contributed by atoms with Gasteiger partial charge in [0.1, 0.15) is 5.75 Å². The lowest BCUT2D eigenvalue weighted by molar-refractivity contribution is -0.127. The molecule has 0 aliphatic carbocycles. The first-order chi connectivity index (χ1) is 14.5. The number of methoxy groups -OCH3 is 1. The number of hydrogen-bond donors (Lipinski definition) is 2. The molecule has 0 atom stereocenters. The monoisotopic (exact) mass is 411 g/mol. The molecule has 0 bridgehead atoms. The van der Waals surface area contributed by atoms with Crippen LogP contribution in [0.1, 0.15) is 12.0 Å². The molecule has 2 rings (SSSR count). The first-order valence-electron chi connectivity index (χ1n) is 10.1. The second-order valence-electron chi connectivity index (χ2n) is 7.20. The van der Waals surface area contributed by atoms with Gasteiger partial charge in [0, 0.05) is 39.9 Å². The Morgan fingerprint density at radius 3 is 2.50 bits per heavy atom. The number of rotatable bonds is 10. The summed E-state index contributed by atoms with van der Waals surface area (Å²) in [5, 5.41) is 6.45. The summed E-state index contributed by atoms with van der Waals surface area (Å²) in [7, 11) is 7.21. The molecule has 0 heterocycles. The average molecular weight is 412 g/mol. The highest BCUT2D eigenvalue weighted by Gasteiger charge is 2.06. The molecule has 2 N–H and O–H groups in total. The molecule has 0 aliphatic heterocycles. The van der Waals surface area contributed by atoms with Crippen molar-refractivity contribution in [1.82, 2.24) is 15.5 Å². The van der Waals surface area contributed by atoms with Crippen LogP contribution in [0.15, 0.2) is 59.6 Å². The Morgan fingerprint density at radius 2 is 1.80 bits per heavy atom. The van der Waals surface area contributed by atoms with Gasteiger partial charge in [0.15, 0.2) is 5.96 Å². The van der Waals surface area contributed by atoms with E-state index >= 15 is 0 Å². The maximum Gasteiger partial charge on any atom is 0.241 e. The van der Waals surface area contributed by atoms with E-state index in [4.69, 9.17) is 4.74 Å². The van der Waals surface area contributed by atoms with Gasteiger partial charge < -0.3 is 25.2 Å². The highest BCUT2D eigenvalue weighted by atomic mass is 16.5. The fourth-order valence-electron chi connectivity index (χ4n) is 2.77. The molecule has 0 aromatic heterocycles. The third-order valence-electron chi connectivity index (χ3n) is 4.62. The molecule has 162 valence electrons. The number of benzene rings is 2. The lowest BCUT2D eigenvalue weighted by Crippen LogP contribution is -2.43. The minimum atomic E-state index is -0.00492.